The van der Waals surface area contributed by atoms with Crippen molar-refractivity contribution in [2.45, 2.75) is 45.6 Å². The molecule has 2 aliphatic rings. The maximum atomic E-state index is 11.9. The zero-order chi connectivity index (χ0) is 14.7. The first-order chi connectivity index (χ1) is 9.47. The van der Waals surface area contributed by atoms with Crippen LogP contribution in [0.2, 0.25) is 0 Å². The number of hydrogen-bond acceptors (Lipinski definition) is 3. The Hall–Kier alpha value is -1.65. The van der Waals surface area contributed by atoms with Gasteiger partial charge in [-0.15, -0.1) is 0 Å². The Kier molecular flexibility index (Phi) is 4.57. The highest BCUT2D eigenvalue weighted by Crippen LogP contribution is 2.30. The van der Waals surface area contributed by atoms with Crippen LogP contribution in [0.5, 0.6) is 0 Å². The molecule has 0 radical (unpaired) electrons. The first-order valence-electron chi connectivity index (χ1n) is 7.31. The van der Waals surface area contributed by atoms with Crippen molar-refractivity contribution < 1.29 is 15.8 Å². The smallest absolute Gasteiger partial charge is 0.253 e. The molecule has 0 saturated heterocycles. The van der Waals surface area contributed by atoms with Crippen LogP contribution in [-0.2, 0) is 14.4 Å². The minimum Gasteiger partial charge on any atom is -0.354 e. The Morgan fingerprint density at radius 1 is 1.25 bits per heavy atom. The summed E-state index contributed by atoms with van der Waals surface area (Å²) >= 11 is 0. The largest absolute Gasteiger partial charge is 0.354 e. The van der Waals surface area contributed by atoms with Crippen LogP contribution in [0, 0.1) is 11.8 Å². The summed E-state index contributed by atoms with van der Waals surface area (Å²) in [5, 5.41) is 2.95. The summed E-state index contributed by atoms with van der Waals surface area (Å²) in [5.74, 6) is 0.112. The van der Waals surface area contributed by atoms with Crippen LogP contribution in [0.25, 0.3) is 0 Å². The normalized spacial score (nSPS) is 26.4. The Morgan fingerprint density at radius 2 is 1.80 bits per heavy atom. The molecule has 20 heavy (non-hydrogen) atoms. The molecule has 0 bridgehead atoms. The lowest BCUT2D eigenvalue weighted by Gasteiger charge is -2.30. The summed E-state index contributed by atoms with van der Waals surface area (Å²) in [6.07, 6.45) is 6.12. The van der Waals surface area contributed by atoms with Crippen LogP contribution in [0.4, 0.5) is 0 Å². The summed E-state index contributed by atoms with van der Waals surface area (Å²) < 4.78 is 0. The van der Waals surface area contributed by atoms with Crippen molar-refractivity contribution in [3.05, 3.63) is 12.2 Å². The van der Waals surface area contributed by atoms with Crippen molar-refractivity contribution in [3.63, 3.8) is 0 Å². The Bertz CT molecular complexity index is 422. The molecule has 2 rings (SSSR count). The Labute approximate surface area is 120 Å². The van der Waals surface area contributed by atoms with Gasteiger partial charge in [-0.1, -0.05) is 0 Å². The van der Waals surface area contributed by atoms with Gasteiger partial charge in [0.1, 0.15) is 0 Å². The maximum absolute atomic E-state index is 11.9. The second kappa shape index (κ2) is 6.20. The molecule has 1 N–H and O–H groups in total. The van der Waals surface area contributed by atoms with Crippen molar-refractivity contribution in [1.29, 1.82) is 0 Å². The van der Waals surface area contributed by atoms with Crippen molar-refractivity contribution in [1.82, 2.24) is 10.2 Å². The van der Waals surface area contributed by atoms with Gasteiger partial charge in [0.05, 0.1) is 0 Å². The van der Waals surface area contributed by atoms with E-state index in [-0.39, 0.29) is 31.1 Å². The van der Waals surface area contributed by atoms with Gasteiger partial charge in [-0.25, -0.2) is 0 Å². The number of nitrogens with zero attached hydrogens (tertiary/aromatic N) is 1. The van der Waals surface area contributed by atoms with E-state index in [2.05, 4.69) is 5.32 Å². The maximum Gasteiger partial charge on any atom is 0.253 e. The molecule has 0 unspecified atom stereocenters. The Balaban J connectivity index is 0.00000220. The highest BCUT2D eigenvalue weighted by molar-refractivity contribution is 6.12. The van der Waals surface area contributed by atoms with Crippen LogP contribution < -0.4 is 5.32 Å². The second-order valence-corrected chi connectivity index (χ2v) is 6.00. The van der Waals surface area contributed by atoms with Crippen LogP contribution >= 0.6 is 0 Å². The average molecular weight is 280 g/mol. The highest BCUT2D eigenvalue weighted by atomic mass is 16.2. The van der Waals surface area contributed by atoms with Crippen molar-refractivity contribution in [2.75, 3.05) is 6.54 Å². The highest BCUT2D eigenvalue weighted by Gasteiger charge is 2.31. The summed E-state index contributed by atoms with van der Waals surface area (Å²) in [4.78, 5) is 36.2. The fourth-order valence-electron chi connectivity index (χ4n) is 2.88. The average Bonchev–Trinajstić information content (AvgIpc) is 2.70. The summed E-state index contributed by atoms with van der Waals surface area (Å²) in [6, 6.07) is 0.172. The zero-order valence-corrected chi connectivity index (χ0v) is 12.1. The van der Waals surface area contributed by atoms with Crippen LogP contribution in [0.3, 0.4) is 0 Å². The minimum atomic E-state index is -0.213. The fourth-order valence-corrected chi connectivity index (χ4v) is 2.88. The molecule has 0 aromatic rings. The molecule has 1 saturated carbocycles. The quantitative estimate of drug-likeness (QED) is 0.793. The molecule has 1 heterocycles. The predicted molar refractivity (Wildman–Crippen MR) is 76.7 cm³/mol. The second-order valence-electron chi connectivity index (χ2n) is 6.00. The standard InChI is InChI=1S/C15H22N2O3.H2/c1-10(2)16-15(20)12-5-3-11(4-6-12)9-17-13(18)7-8-14(17)19;/h7-8,10-12H,3-6,9H2,1-2H3,(H,16,20);1H. The molecule has 1 aliphatic carbocycles. The molecular formula is C15H24N2O3. The summed E-state index contributed by atoms with van der Waals surface area (Å²) in [7, 11) is 0. The third kappa shape index (κ3) is 3.46. The van der Waals surface area contributed by atoms with Crippen LogP contribution in [0.15, 0.2) is 12.2 Å². The molecule has 0 spiro atoms. The molecule has 0 atom stereocenters. The lowest BCUT2D eigenvalue weighted by molar-refractivity contribution is -0.138. The van der Waals surface area contributed by atoms with E-state index < -0.39 is 0 Å². The SMILES string of the molecule is CC(C)NC(=O)C1CCC(CN2C(=O)C=CC2=O)CC1.[HH]. The molecule has 3 amide bonds. The van der Waals surface area contributed by atoms with Crippen LogP contribution in [-0.4, -0.2) is 35.2 Å². The molecule has 0 aromatic heterocycles. The number of nitrogens with one attached hydrogen (secondary N) is 1. The number of imide groups is 1. The topological polar surface area (TPSA) is 66.5 Å². The van der Waals surface area contributed by atoms with E-state index in [1.807, 2.05) is 13.8 Å². The van der Waals surface area contributed by atoms with E-state index in [4.69, 9.17) is 0 Å². The fraction of sp³-hybridized carbons (Fsp3) is 0.667. The number of carbonyl (C=O) groups excluding carboxylic acids is 3. The third-order valence-corrected chi connectivity index (χ3v) is 3.99. The van der Waals surface area contributed by atoms with Gasteiger partial charge in [-0.3, -0.25) is 19.3 Å². The first-order valence-corrected chi connectivity index (χ1v) is 7.31. The molecule has 5 heteroatoms. The lowest BCUT2D eigenvalue weighted by atomic mass is 9.81. The summed E-state index contributed by atoms with van der Waals surface area (Å²) in [6.45, 7) is 4.41. The summed E-state index contributed by atoms with van der Waals surface area (Å²) in [5.41, 5.74) is 0. The van der Waals surface area contributed by atoms with Crippen molar-refractivity contribution in [2.24, 2.45) is 11.8 Å². The molecule has 0 aromatic carbocycles. The van der Waals surface area contributed by atoms with Crippen LogP contribution in [0.1, 0.15) is 41.0 Å². The Morgan fingerprint density at radius 3 is 2.30 bits per heavy atom. The third-order valence-electron chi connectivity index (χ3n) is 3.99. The number of carbonyl (C=O) groups is 3. The van der Waals surface area contributed by atoms with Gasteiger partial charge in [0.25, 0.3) is 11.8 Å². The van der Waals surface area contributed by atoms with E-state index in [1.165, 1.54) is 17.1 Å². The molecule has 5 nitrogen and oxygen atoms in total. The number of rotatable bonds is 4. The number of amides is 3. The van der Waals surface area contributed by atoms with E-state index >= 15 is 0 Å². The van der Waals surface area contributed by atoms with E-state index in [9.17, 15) is 14.4 Å². The van der Waals surface area contributed by atoms with Crippen molar-refractivity contribution in [3.8, 4) is 0 Å². The van der Waals surface area contributed by atoms with Gasteiger partial charge >= 0.3 is 0 Å². The van der Waals surface area contributed by atoms with Gasteiger partial charge in [-0.05, 0) is 45.4 Å². The van der Waals surface area contributed by atoms with Crippen molar-refractivity contribution >= 4 is 17.7 Å². The monoisotopic (exact) mass is 280 g/mol. The zero-order valence-electron chi connectivity index (χ0n) is 12.1. The van der Waals surface area contributed by atoms with Gasteiger partial charge in [-0.2, -0.15) is 0 Å². The minimum absolute atomic E-state index is 0. The molecular weight excluding hydrogens is 256 g/mol. The molecule has 112 valence electrons. The van der Waals surface area contributed by atoms with E-state index in [0.29, 0.717) is 12.5 Å². The van der Waals surface area contributed by atoms with Gasteiger partial charge in [0.2, 0.25) is 5.91 Å². The molecule has 1 aliphatic heterocycles. The van der Waals surface area contributed by atoms with Gasteiger partial charge in [0, 0.05) is 32.1 Å². The van der Waals surface area contributed by atoms with Gasteiger partial charge < -0.3 is 5.32 Å². The number of hydrogen-bond donors (Lipinski definition) is 1. The lowest BCUT2D eigenvalue weighted by Crippen LogP contribution is -2.39. The van der Waals surface area contributed by atoms with E-state index in [1.54, 1.807) is 0 Å². The van der Waals surface area contributed by atoms with E-state index in [0.717, 1.165) is 25.7 Å². The first kappa shape index (κ1) is 14.8. The van der Waals surface area contributed by atoms with Gasteiger partial charge in [0.15, 0.2) is 0 Å². The molecule has 1 fully saturated rings. The predicted octanol–water partition coefficient (Wildman–Crippen LogP) is 1.49.